The van der Waals surface area contributed by atoms with Crippen LogP contribution in [0.15, 0.2) is 172 Å². The lowest BCUT2D eigenvalue weighted by Crippen LogP contribution is -2.17. The van der Waals surface area contributed by atoms with Crippen molar-refractivity contribution in [2.24, 2.45) is 5.92 Å². The molecular weight excluding hydrogens is 2000 g/mol. The molecule has 146 heavy (non-hydrogen) atoms. The predicted molar refractivity (Wildman–Crippen MR) is 525 cm³/mol. The molecule has 0 spiro atoms. The van der Waals surface area contributed by atoms with Gasteiger partial charge in [0.2, 0.25) is 51.0 Å². The highest BCUT2D eigenvalue weighted by molar-refractivity contribution is 7.54. The van der Waals surface area contributed by atoms with Crippen LogP contribution in [0.1, 0.15) is 97.9 Å². The number of imidazole rings is 4. The lowest BCUT2D eigenvalue weighted by Gasteiger charge is -2.19. The second kappa shape index (κ2) is 55.5. The molecule has 8 heterocycles. The van der Waals surface area contributed by atoms with Crippen LogP contribution in [0.3, 0.4) is 0 Å². The second-order valence-corrected chi connectivity index (χ2v) is 40.7. The van der Waals surface area contributed by atoms with Gasteiger partial charge in [0, 0.05) is 26.2 Å². The number of ether oxygens (including phenoxy) is 12. The third kappa shape index (κ3) is 37.1. The zero-order chi connectivity index (χ0) is 105. The monoisotopic (exact) mass is 2110 g/mol. The van der Waals surface area contributed by atoms with Gasteiger partial charge in [0.05, 0.1) is 90.9 Å². The highest BCUT2D eigenvalue weighted by atomic mass is 31.2. The Kier molecular flexibility index (Phi) is 42.8. The molecule has 56 heteroatoms. The van der Waals surface area contributed by atoms with E-state index in [0.717, 1.165) is 70.2 Å². The number of aromatic amines is 4. The first-order chi connectivity index (χ1) is 69.9. The van der Waals surface area contributed by atoms with Crippen LogP contribution in [0, 0.1) is 33.6 Å². The van der Waals surface area contributed by atoms with Crippen LogP contribution < -0.4 is 49.9 Å². The molecule has 0 radical (unpaired) electrons. The van der Waals surface area contributed by atoms with Crippen LogP contribution in [0.25, 0.3) is 44.7 Å². The molecule has 4 unspecified atom stereocenters. The summed E-state index contributed by atoms with van der Waals surface area (Å²) >= 11 is 0. The number of nitrogens with one attached hydrogen (secondary N) is 4. The number of hydrogen-bond donors (Lipinski definition) is 8. The molecule has 8 aromatic heterocycles. The summed E-state index contributed by atoms with van der Waals surface area (Å²) in [6.07, 6.45) is 3.29. The van der Waals surface area contributed by atoms with Gasteiger partial charge >= 0.3 is 55.0 Å². The van der Waals surface area contributed by atoms with Crippen molar-refractivity contribution in [2.75, 3.05) is 109 Å². The first kappa shape index (κ1) is 113. The van der Waals surface area contributed by atoms with Gasteiger partial charge in [-0.2, -0.15) is 19.9 Å². The molecule has 0 amide bonds. The van der Waals surface area contributed by atoms with Crippen LogP contribution in [0.2, 0.25) is 0 Å². The van der Waals surface area contributed by atoms with Crippen LogP contribution in [0.4, 0.5) is 43.0 Å². The molecule has 1 aliphatic rings. The summed E-state index contributed by atoms with van der Waals surface area (Å²) in [7, 11) is -15.4. The first-order valence-corrected chi connectivity index (χ1v) is 52.1. The Balaban J connectivity index is 0.000000185. The number of aryl methyl sites for hydroxylation is 4. The van der Waals surface area contributed by atoms with Gasteiger partial charge < -0.3 is 116 Å². The lowest BCUT2D eigenvalue weighted by atomic mass is 10.2. The van der Waals surface area contributed by atoms with E-state index in [1.807, 2.05) is 139 Å². The number of para-hydroxylation sites is 1. The fourth-order valence-electron chi connectivity index (χ4n) is 12.7. The molecule has 1 fully saturated rings. The molecule has 12 N–H and O–H groups in total. The Labute approximate surface area is 832 Å². The molecule has 5 aromatic carbocycles. The number of nitrogens with two attached hydrogens (primary N) is 4. The van der Waals surface area contributed by atoms with Crippen molar-refractivity contribution < 1.29 is 130 Å². The zero-order valence-corrected chi connectivity index (χ0v) is 84.4. The minimum absolute atomic E-state index is 0.00313. The van der Waals surface area contributed by atoms with Crippen molar-refractivity contribution in [3.05, 3.63) is 239 Å². The van der Waals surface area contributed by atoms with Gasteiger partial charge in [-0.15, -0.1) is 0 Å². The summed E-state index contributed by atoms with van der Waals surface area (Å²) in [5, 5.41) is 0. The van der Waals surface area contributed by atoms with E-state index in [1.54, 1.807) is 62.4 Å². The summed E-state index contributed by atoms with van der Waals surface area (Å²) in [6.45, 7) is 13.7. The van der Waals surface area contributed by atoms with Gasteiger partial charge in [0.15, 0.2) is 44.7 Å². The zero-order valence-electron chi connectivity index (χ0n) is 80.9. The van der Waals surface area contributed by atoms with E-state index in [-0.39, 0.29) is 161 Å². The number of nitrogen functional groups attached to an aromatic ring is 4. The van der Waals surface area contributed by atoms with Gasteiger partial charge in [0.1, 0.15) is 37.2 Å². The quantitative estimate of drug-likeness (QED) is 0.00438. The SMILES string of the molecule is Cc1ccc(COP(=O)(COCCn2cnc3c(=O)[nH]c(N)nc32)OCOC(=O)OC(C)C)cc1.Cc1ccc(COP(=O)(COCCn2cnc3c(=O)[nH]c(N)nc32)OCOC(=O)OC2CCCC2)cc1.Cc1ccc(COP(=O)(COCCn2cnc3c(=O)[nH]c(N)nc32)OCOC(=O)OCC(C)C)cc1.Cc1ccc(COP(=O)(COCCn2cnc3c(=O)[nH]c(N)nc32)OCOC(=O)Oc2ccccc2)cc1. The largest absolute Gasteiger partial charge is 0.515 e. The predicted octanol–water partition coefficient (Wildman–Crippen LogP) is 13.2. The molecule has 0 saturated heterocycles. The fourth-order valence-corrected chi connectivity index (χ4v) is 17.2. The van der Waals surface area contributed by atoms with Crippen molar-refractivity contribution in [2.45, 2.75) is 146 Å². The number of carbonyl (C=O) groups is 4. The minimum atomic E-state index is -3.88. The fraction of sp³-hybridized carbons (Fsp3) is 0.400. The van der Waals surface area contributed by atoms with Crippen LogP contribution in [-0.2, 0) is 159 Å². The number of rotatable bonds is 49. The Bertz CT molecular complexity index is 6900. The normalized spacial score (nSPS) is 13.7. The third-order valence-corrected chi connectivity index (χ3v) is 26.2. The molecule has 786 valence electrons. The molecule has 1 saturated carbocycles. The molecule has 1 aliphatic carbocycles. The molecule has 13 aromatic rings. The summed E-state index contributed by atoms with van der Waals surface area (Å²) in [4.78, 5) is 137. The van der Waals surface area contributed by atoms with E-state index in [0.29, 0.717) is 16.9 Å². The number of aromatic nitrogens is 16. The number of carbonyl (C=O) groups excluding carboxylic acids is 4. The van der Waals surface area contributed by atoms with Crippen molar-refractivity contribution in [3.8, 4) is 5.75 Å². The first-order valence-electron chi connectivity index (χ1n) is 45.2. The molecule has 0 bridgehead atoms. The Morgan fingerprint density at radius 1 is 0.370 bits per heavy atom. The maximum Gasteiger partial charge on any atom is 0.515 e. The van der Waals surface area contributed by atoms with Gasteiger partial charge in [0.25, 0.3) is 22.2 Å². The highest BCUT2D eigenvalue weighted by Crippen LogP contribution is 2.52. The number of anilines is 4. The van der Waals surface area contributed by atoms with E-state index in [9.17, 15) is 56.6 Å². The number of hydrogen-bond acceptors (Lipinski definition) is 44. The van der Waals surface area contributed by atoms with E-state index in [2.05, 4.69) is 59.8 Å². The van der Waals surface area contributed by atoms with Crippen LogP contribution >= 0.6 is 30.4 Å². The van der Waals surface area contributed by atoms with E-state index >= 15 is 0 Å². The van der Waals surface area contributed by atoms with Crippen molar-refractivity contribution in [1.29, 1.82) is 0 Å². The third-order valence-electron chi connectivity index (χ3n) is 20.2. The average molecular weight is 2110 g/mol. The number of fused-ring (bicyclic) bond motifs is 4. The Morgan fingerprint density at radius 2 is 0.651 bits per heavy atom. The van der Waals surface area contributed by atoms with E-state index in [1.165, 1.54) is 25.3 Å². The van der Waals surface area contributed by atoms with E-state index in [4.69, 9.17) is 116 Å². The van der Waals surface area contributed by atoms with Gasteiger partial charge in [-0.1, -0.05) is 151 Å². The summed E-state index contributed by atoms with van der Waals surface area (Å²) in [6, 6.07) is 38.2. The molecule has 0 aliphatic heterocycles. The number of nitrogens with zero attached hydrogens (tertiary/aromatic N) is 12. The minimum Gasteiger partial charge on any atom is -0.434 e. The average Bonchev–Trinajstić information content (AvgIpc) is 1.67. The summed E-state index contributed by atoms with van der Waals surface area (Å²) in [5.41, 5.74) is 29.7. The van der Waals surface area contributed by atoms with Crippen LogP contribution in [-0.4, -0.2) is 201 Å². The van der Waals surface area contributed by atoms with Crippen LogP contribution in [0.5, 0.6) is 5.75 Å². The van der Waals surface area contributed by atoms with Gasteiger partial charge in [-0.05, 0) is 108 Å². The van der Waals surface area contributed by atoms with E-state index < -0.39 is 130 Å². The van der Waals surface area contributed by atoms with Crippen molar-refractivity contribution >= 4 is 123 Å². The Hall–Kier alpha value is -13.8. The van der Waals surface area contributed by atoms with Crippen molar-refractivity contribution in [3.63, 3.8) is 0 Å². The summed E-state index contributed by atoms with van der Waals surface area (Å²) < 4.78 is 165. The van der Waals surface area contributed by atoms with Gasteiger partial charge in [-0.25, -0.2) is 39.1 Å². The van der Waals surface area contributed by atoms with Gasteiger partial charge in [-0.3, -0.25) is 75.5 Å². The number of benzene rings is 5. The highest BCUT2D eigenvalue weighted by Gasteiger charge is 2.33. The maximum atomic E-state index is 13.4. The smallest absolute Gasteiger partial charge is 0.434 e. The second-order valence-electron chi connectivity index (χ2n) is 32.8. The maximum absolute atomic E-state index is 13.4. The Morgan fingerprint density at radius 3 is 0.938 bits per heavy atom. The standard InChI is InChI=1S/C24H26N5O8P.C23H30N5O8P.C22H30N5O8P.C21H28N5O8P/c1-17-7-9-18(10-8-17)13-35-38(32,36-15-34-24(31)37-19-5-3-2-4-6-19)16-33-12-11-29-14-26-20-21(29)27-23(25)28-22(20)30;1-16-6-8-17(9-7-16)12-34-37(31,35-14-33-23(30)36-18-4-2-3-5-18)15-32-11-10-28-13-25-19-20(28)26-22(24)27-21(19)29;1-15(2)10-32-22(29)33-13-35-36(30,34-11-17-6-4-16(3)5-7-17)14-31-9-8-27-12-24-18-19(27)25-21(23)26-20(18)28;1-14(2)34-21(28)31-12-33-35(29,32-10-16-6-4-15(3)5-7-16)13-30-9-8-26-11-23-17-18(26)24-20(22)25-19(17)27/h2-10,14H,11-13,15-16H2,1H3,(H3,25,27,28,30);6-9,13,18H,2-5,10-12,14-15H2,1H3,(H3,24,26,27,29);4-7,12,15H,8-11,13-14H2,1-3H3,(H3,23,25,26,28);4-7,11,14H,8-10,12-13H2,1-3H3,(H3,22,24,25,27). The molecule has 52 nitrogen and oxygen atoms in total. The lowest BCUT2D eigenvalue weighted by molar-refractivity contribution is -0.0215. The summed E-state index contributed by atoms with van der Waals surface area (Å²) in [5.74, 6) is 0.263. The number of H-pyrrole nitrogens is 4. The topological polar surface area (TPSA) is 680 Å². The molecule has 4 atom stereocenters. The molecule has 14 rings (SSSR count). The van der Waals surface area contributed by atoms with Crippen molar-refractivity contribution in [1.82, 2.24) is 78.1 Å². The molecular formula is C90H114N20O32P4.